The first-order valence-corrected chi connectivity index (χ1v) is 7.11. The van der Waals surface area contributed by atoms with E-state index >= 15 is 0 Å². The fourth-order valence-corrected chi connectivity index (χ4v) is 2.58. The van der Waals surface area contributed by atoms with Gasteiger partial charge in [-0.15, -0.1) is 0 Å². The molecular weight excluding hydrogens is 273 g/mol. The van der Waals surface area contributed by atoms with Gasteiger partial charge in [-0.2, -0.15) is 0 Å². The average molecular weight is 285 g/mol. The number of hydrogen-bond donors (Lipinski definition) is 1. The van der Waals surface area contributed by atoms with E-state index in [1.165, 1.54) is 6.26 Å². The van der Waals surface area contributed by atoms with E-state index in [4.69, 9.17) is 4.74 Å². The molecule has 0 aliphatic carbocycles. The van der Waals surface area contributed by atoms with Gasteiger partial charge in [0.15, 0.2) is 0 Å². The molecule has 19 heavy (non-hydrogen) atoms. The number of amides is 1. The van der Waals surface area contributed by atoms with Gasteiger partial charge in [-0.25, -0.2) is 17.5 Å². The van der Waals surface area contributed by atoms with E-state index in [0.29, 0.717) is 19.4 Å². The SMILES string of the molecule is O=C(NS(=O)(=O)c1ccc(F)cc1)C1=COCCC1. The van der Waals surface area contributed by atoms with Gasteiger partial charge in [0.1, 0.15) is 5.82 Å². The summed E-state index contributed by atoms with van der Waals surface area (Å²) in [5, 5.41) is 0. The third-order valence-corrected chi connectivity index (χ3v) is 3.92. The van der Waals surface area contributed by atoms with Crippen molar-refractivity contribution in [2.75, 3.05) is 6.61 Å². The molecule has 0 aromatic heterocycles. The van der Waals surface area contributed by atoms with Crippen LogP contribution in [0, 0.1) is 5.82 Å². The molecule has 1 aliphatic rings. The lowest BCUT2D eigenvalue weighted by Crippen LogP contribution is -2.32. The Labute approximate surface area is 110 Å². The molecule has 2 rings (SSSR count). The summed E-state index contributed by atoms with van der Waals surface area (Å²) in [5.74, 6) is -1.27. The van der Waals surface area contributed by atoms with Crippen LogP contribution >= 0.6 is 0 Å². The highest BCUT2D eigenvalue weighted by Gasteiger charge is 2.21. The van der Waals surface area contributed by atoms with E-state index in [2.05, 4.69) is 0 Å². The molecule has 0 unspecified atom stereocenters. The Morgan fingerprint density at radius 2 is 1.95 bits per heavy atom. The van der Waals surface area contributed by atoms with Gasteiger partial charge in [0, 0.05) is 0 Å². The van der Waals surface area contributed by atoms with Crippen LogP contribution < -0.4 is 4.72 Å². The van der Waals surface area contributed by atoms with Crippen molar-refractivity contribution >= 4 is 15.9 Å². The molecule has 0 spiro atoms. The largest absolute Gasteiger partial charge is 0.501 e. The van der Waals surface area contributed by atoms with Crippen molar-refractivity contribution < 1.29 is 22.3 Å². The van der Waals surface area contributed by atoms with Gasteiger partial charge < -0.3 is 4.74 Å². The summed E-state index contributed by atoms with van der Waals surface area (Å²) in [5.41, 5.74) is 0.275. The van der Waals surface area contributed by atoms with Crippen molar-refractivity contribution in [1.82, 2.24) is 4.72 Å². The molecule has 0 bridgehead atoms. The van der Waals surface area contributed by atoms with E-state index in [9.17, 15) is 17.6 Å². The molecule has 0 fully saturated rings. The number of benzene rings is 1. The first kappa shape index (κ1) is 13.5. The zero-order valence-corrected chi connectivity index (χ0v) is 10.7. The first-order chi connectivity index (χ1) is 8.99. The van der Waals surface area contributed by atoms with E-state index < -0.39 is 21.7 Å². The van der Waals surface area contributed by atoms with Crippen molar-refractivity contribution in [2.45, 2.75) is 17.7 Å². The van der Waals surface area contributed by atoms with Crippen molar-refractivity contribution in [3.05, 3.63) is 41.9 Å². The Hall–Kier alpha value is -1.89. The predicted octanol–water partition coefficient (Wildman–Crippen LogP) is 1.32. The zero-order chi connectivity index (χ0) is 13.9. The average Bonchev–Trinajstić information content (AvgIpc) is 2.40. The Balaban J connectivity index is 2.15. The van der Waals surface area contributed by atoms with Gasteiger partial charge in [0.05, 0.1) is 23.3 Å². The summed E-state index contributed by atoms with van der Waals surface area (Å²) in [6, 6.07) is 4.22. The Kier molecular flexibility index (Phi) is 3.84. The number of hydrogen-bond acceptors (Lipinski definition) is 4. The van der Waals surface area contributed by atoms with Crippen LogP contribution in [0.25, 0.3) is 0 Å². The smallest absolute Gasteiger partial charge is 0.264 e. The topological polar surface area (TPSA) is 72.5 Å². The summed E-state index contributed by atoms with van der Waals surface area (Å²) in [6.07, 6.45) is 2.39. The highest BCUT2D eigenvalue weighted by atomic mass is 32.2. The summed E-state index contributed by atoms with van der Waals surface area (Å²) < 4.78 is 43.4. The lowest BCUT2D eigenvalue weighted by Gasteiger charge is -2.13. The van der Waals surface area contributed by atoms with Gasteiger partial charge in [-0.1, -0.05) is 0 Å². The Morgan fingerprint density at radius 3 is 2.53 bits per heavy atom. The normalized spacial score (nSPS) is 15.3. The standard InChI is InChI=1S/C12H12FNO4S/c13-10-3-5-11(6-4-10)19(16,17)14-12(15)9-2-1-7-18-8-9/h3-6,8H,1-2,7H2,(H,14,15). The lowest BCUT2D eigenvalue weighted by atomic mass is 10.1. The van der Waals surface area contributed by atoms with Gasteiger partial charge in [-0.3, -0.25) is 4.79 Å². The summed E-state index contributed by atoms with van der Waals surface area (Å²) in [7, 11) is -3.99. The molecule has 1 amide bonds. The van der Waals surface area contributed by atoms with Crippen LogP contribution in [0.3, 0.4) is 0 Å². The molecule has 1 N–H and O–H groups in total. The number of carbonyl (C=O) groups is 1. The van der Waals surface area contributed by atoms with Crippen LogP contribution in [0.4, 0.5) is 4.39 Å². The third-order valence-electron chi connectivity index (χ3n) is 2.58. The quantitative estimate of drug-likeness (QED) is 0.909. The van der Waals surface area contributed by atoms with E-state index in [1.54, 1.807) is 0 Å². The number of halogens is 1. The molecule has 1 aromatic rings. The van der Waals surface area contributed by atoms with E-state index in [-0.39, 0.29) is 10.5 Å². The Bertz CT molecular complexity index is 607. The fourth-order valence-electron chi connectivity index (χ4n) is 1.59. The molecule has 7 heteroatoms. The van der Waals surface area contributed by atoms with Crippen LogP contribution in [-0.2, 0) is 19.6 Å². The summed E-state index contributed by atoms with van der Waals surface area (Å²) in [4.78, 5) is 11.6. The highest BCUT2D eigenvalue weighted by molar-refractivity contribution is 7.90. The van der Waals surface area contributed by atoms with E-state index in [1.807, 2.05) is 4.72 Å². The zero-order valence-electron chi connectivity index (χ0n) is 9.93. The van der Waals surface area contributed by atoms with Crippen LogP contribution in [0.15, 0.2) is 41.0 Å². The minimum atomic E-state index is -3.99. The Morgan fingerprint density at radius 1 is 1.26 bits per heavy atom. The molecule has 102 valence electrons. The van der Waals surface area contributed by atoms with Crippen LogP contribution in [-0.4, -0.2) is 20.9 Å². The van der Waals surface area contributed by atoms with Crippen LogP contribution in [0.2, 0.25) is 0 Å². The van der Waals surface area contributed by atoms with Crippen molar-refractivity contribution in [3.63, 3.8) is 0 Å². The van der Waals surface area contributed by atoms with Gasteiger partial charge in [-0.05, 0) is 37.1 Å². The second-order valence-corrected chi connectivity index (χ2v) is 5.69. The number of ether oxygens (including phenoxy) is 1. The molecular formula is C12H12FNO4S. The first-order valence-electron chi connectivity index (χ1n) is 5.62. The van der Waals surface area contributed by atoms with Gasteiger partial charge in [0.2, 0.25) is 0 Å². The molecule has 0 radical (unpaired) electrons. The second kappa shape index (κ2) is 5.40. The molecule has 5 nitrogen and oxygen atoms in total. The second-order valence-electron chi connectivity index (χ2n) is 4.01. The van der Waals surface area contributed by atoms with Crippen LogP contribution in [0.1, 0.15) is 12.8 Å². The van der Waals surface area contributed by atoms with Gasteiger partial charge >= 0.3 is 0 Å². The minimum absolute atomic E-state index is 0.167. The number of sulfonamides is 1. The molecule has 1 aliphatic heterocycles. The highest BCUT2D eigenvalue weighted by Crippen LogP contribution is 2.14. The number of nitrogens with one attached hydrogen (secondary N) is 1. The third kappa shape index (κ3) is 3.31. The fraction of sp³-hybridized carbons (Fsp3) is 0.250. The van der Waals surface area contributed by atoms with Crippen LogP contribution in [0.5, 0.6) is 0 Å². The summed E-state index contributed by atoms with van der Waals surface area (Å²) >= 11 is 0. The predicted molar refractivity (Wildman–Crippen MR) is 65.0 cm³/mol. The molecule has 1 aromatic carbocycles. The van der Waals surface area contributed by atoms with Crippen molar-refractivity contribution in [3.8, 4) is 0 Å². The maximum atomic E-state index is 12.7. The monoisotopic (exact) mass is 285 g/mol. The van der Waals surface area contributed by atoms with Crippen molar-refractivity contribution in [2.24, 2.45) is 0 Å². The maximum absolute atomic E-state index is 12.7. The number of carbonyl (C=O) groups excluding carboxylic acids is 1. The molecule has 0 atom stereocenters. The summed E-state index contributed by atoms with van der Waals surface area (Å²) in [6.45, 7) is 0.515. The lowest BCUT2D eigenvalue weighted by molar-refractivity contribution is -0.116. The van der Waals surface area contributed by atoms with Crippen molar-refractivity contribution in [1.29, 1.82) is 0 Å². The number of rotatable bonds is 3. The maximum Gasteiger partial charge on any atom is 0.264 e. The van der Waals surface area contributed by atoms with E-state index in [0.717, 1.165) is 24.3 Å². The molecule has 0 saturated heterocycles. The van der Waals surface area contributed by atoms with Gasteiger partial charge in [0.25, 0.3) is 15.9 Å². The minimum Gasteiger partial charge on any atom is -0.501 e. The molecule has 1 heterocycles. The molecule has 0 saturated carbocycles.